The molecule has 0 rings (SSSR count). The van der Waals surface area contributed by atoms with Gasteiger partial charge in [-0.3, -0.25) is 4.79 Å². The molecule has 0 aromatic heterocycles. The number of nitrogens with two attached hydrogens (primary N) is 1. The van der Waals surface area contributed by atoms with Crippen molar-refractivity contribution in [2.45, 2.75) is 38.5 Å². The number of halogens is 3. The van der Waals surface area contributed by atoms with Crippen molar-refractivity contribution < 1.29 is 18.0 Å². The summed E-state index contributed by atoms with van der Waals surface area (Å²) in [6.07, 6.45) is -3.40. The van der Waals surface area contributed by atoms with Gasteiger partial charge in [0.25, 0.3) is 5.91 Å². The Hall–Kier alpha value is -1.04. The van der Waals surface area contributed by atoms with Crippen molar-refractivity contribution in [2.75, 3.05) is 6.54 Å². The molecule has 0 radical (unpaired) electrons. The highest BCUT2D eigenvalue weighted by atomic mass is 19.4. The lowest BCUT2D eigenvalue weighted by atomic mass is 10.0. The Kier molecular flexibility index (Phi) is 4.55. The van der Waals surface area contributed by atoms with E-state index in [0.717, 1.165) is 4.90 Å². The molecule has 1 amide bonds. The summed E-state index contributed by atoms with van der Waals surface area (Å²) in [7, 11) is 0. The SMILES string of the molecule is C=CCN(C(=O)C(C)(N)C(F)(F)F)C(C)C. The minimum Gasteiger partial charge on any atom is -0.335 e. The number of nitrogens with zero attached hydrogens (tertiary/aromatic N) is 1. The highest BCUT2D eigenvalue weighted by Gasteiger charge is 2.55. The zero-order valence-corrected chi connectivity index (χ0v) is 9.64. The van der Waals surface area contributed by atoms with Crippen LogP contribution in [0.2, 0.25) is 0 Å². The molecule has 6 heteroatoms. The van der Waals surface area contributed by atoms with Gasteiger partial charge in [-0.1, -0.05) is 6.08 Å². The minimum absolute atomic E-state index is 0.0410. The molecular formula is C10H17F3N2O. The van der Waals surface area contributed by atoms with Crippen molar-refractivity contribution in [3.8, 4) is 0 Å². The van der Waals surface area contributed by atoms with Gasteiger partial charge in [-0.25, -0.2) is 0 Å². The van der Waals surface area contributed by atoms with Crippen LogP contribution in [0.15, 0.2) is 12.7 Å². The number of rotatable bonds is 4. The Morgan fingerprint density at radius 1 is 1.50 bits per heavy atom. The molecule has 1 atom stereocenters. The van der Waals surface area contributed by atoms with Crippen molar-refractivity contribution in [2.24, 2.45) is 5.73 Å². The molecule has 0 spiro atoms. The molecule has 0 aromatic carbocycles. The van der Waals surface area contributed by atoms with Crippen LogP contribution in [0.25, 0.3) is 0 Å². The zero-order chi connectivity index (χ0) is 13.1. The Bertz CT molecular complexity index is 272. The first-order valence-electron chi connectivity index (χ1n) is 4.83. The normalized spacial score (nSPS) is 15.8. The summed E-state index contributed by atoms with van der Waals surface area (Å²) in [6, 6.07) is -0.365. The van der Waals surface area contributed by atoms with Crippen molar-refractivity contribution >= 4 is 5.91 Å². The van der Waals surface area contributed by atoms with E-state index >= 15 is 0 Å². The lowest BCUT2D eigenvalue weighted by Gasteiger charge is -2.34. The molecule has 16 heavy (non-hydrogen) atoms. The first kappa shape index (κ1) is 15.0. The van der Waals surface area contributed by atoms with Gasteiger partial charge < -0.3 is 10.6 Å². The van der Waals surface area contributed by atoms with Gasteiger partial charge in [0.05, 0.1) is 0 Å². The van der Waals surface area contributed by atoms with Gasteiger partial charge in [0.1, 0.15) is 0 Å². The van der Waals surface area contributed by atoms with E-state index in [0.29, 0.717) is 6.92 Å². The first-order chi connectivity index (χ1) is 7.05. The second-order valence-electron chi connectivity index (χ2n) is 4.04. The molecule has 0 fully saturated rings. The van der Waals surface area contributed by atoms with Gasteiger partial charge in [-0.05, 0) is 20.8 Å². The number of hydrogen-bond acceptors (Lipinski definition) is 2. The van der Waals surface area contributed by atoms with Crippen molar-refractivity contribution in [1.82, 2.24) is 4.90 Å². The molecule has 1 unspecified atom stereocenters. The Morgan fingerprint density at radius 3 is 2.19 bits per heavy atom. The number of amides is 1. The zero-order valence-electron chi connectivity index (χ0n) is 9.64. The molecule has 94 valence electrons. The van der Waals surface area contributed by atoms with Crippen LogP contribution in [-0.4, -0.2) is 35.1 Å². The van der Waals surface area contributed by atoms with E-state index in [1.54, 1.807) is 13.8 Å². The third-order valence-corrected chi connectivity index (χ3v) is 2.24. The summed E-state index contributed by atoms with van der Waals surface area (Å²) in [4.78, 5) is 12.7. The van der Waals surface area contributed by atoms with E-state index in [2.05, 4.69) is 6.58 Å². The van der Waals surface area contributed by atoms with E-state index in [4.69, 9.17) is 5.73 Å². The highest BCUT2D eigenvalue weighted by Crippen LogP contribution is 2.30. The monoisotopic (exact) mass is 238 g/mol. The van der Waals surface area contributed by atoms with Crippen LogP contribution >= 0.6 is 0 Å². The van der Waals surface area contributed by atoms with E-state index in [1.165, 1.54) is 6.08 Å². The largest absolute Gasteiger partial charge is 0.415 e. The molecule has 0 aliphatic rings. The maximum absolute atomic E-state index is 12.5. The quantitative estimate of drug-likeness (QED) is 0.757. The Labute approximate surface area is 93.1 Å². The molecule has 0 aliphatic heterocycles. The van der Waals surface area contributed by atoms with Crippen LogP contribution in [0.5, 0.6) is 0 Å². The van der Waals surface area contributed by atoms with Crippen LogP contribution < -0.4 is 5.73 Å². The van der Waals surface area contributed by atoms with Crippen molar-refractivity contribution in [1.29, 1.82) is 0 Å². The molecule has 0 heterocycles. The predicted molar refractivity (Wildman–Crippen MR) is 55.7 cm³/mol. The van der Waals surface area contributed by atoms with Crippen LogP contribution in [0, 0.1) is 0 Å². The molecule has 3 nitrogen and oxygen atoms in total. The molecule has 0 saturated carbocycles. The van der Waals surface area contributed by atoms with Crippen LogP contribution in [0.1, 0.15) is 20.8 Å². The minimum atomic E-state index is -4.77. The van der Waals surface area contributed by atoms with Gasteiger partial charge in [0.2, 0.25) is 0 Å². The summed E-state index contributed by atoms with van der Waals surface area (Å²) in [5.41, 5.74) is 2.19. The van der Waals surface area contributed by atoms with Gasteiger partial charge >= 0.3 is 6.18 Å². The second-order valence-corrected chi connectivity index (χ2v) is 4.04. The fourth-order valence-electron chi connectivity index (χ4n) is 1.09. The van der Waals surface area contributed by atoms with Crippen molar-refractivity contribution in [3.05, 3.63) is 12.7 Å². The van der Waals surface area contributed by atoms with Crippen LogP contribution in [-0.2, 0) is 4.79 Å². The maximum Gasteiger partial charge on any atom is 0.415 e. The van der Waals surface area contributed by atoms with Crippen LogP contribution in [0.4, 0.5) is 13.2 Å². The lowest BCUT2D eigenvalue weighted by molar-refractivity contribution is -0.194. The number of hydrogen-bond donors (Lipinski definition) is 1. The molecule has 0 aliphatic carbocycles. The number of alkyl halides is 3. The summed E-state index contributed by atoms with van der Waals surface area (Å²) in [6.45, 7) is 7.35. The third kappa shape index (κ3) is 2.98. The third-order valence-electron chi connectivity index (χ3n) is 2.24. The fourth-order valence-corrected chi connectivity index (χ4v) is 1.09. The van der Waals surface area contributed by atoms with E-state index < -0.39 is 17.6 Å². The van der Waals surface area contributed by atoms with Gasteiger partial charge in [0, 0.05) is 12.6 Å². The number of carbonyl (C=O) groups excluding carboxylic acids is 1. The predicted octanol–water partition coefficient (Wildman–Crippen LogP) is 1.69. The average molecular weight is 238 g/mol. The topological polar surface area (TPSA) is 46.3 Å². The van der Waals surface area contributed by atoms with E-state index in [9.17, 15) is 18.0 Å². The first-order valence-corrected chi connectivity index (χ1v) is 4.83. The summed E-state index contributed by atoms with van der Waals surface area (Å²) < 4.78 is 37.6. The smallest absolute Gasteiger partial charge is 0.335 e. The maximum atomic E-state index is 12.5. The standard InChI is InChI=1S/C10H17F3N2O/c1-5-6-15(7(2)3)8(16)9(4,14)10(11,12)13/h5,7H,1,6,14H2,2-4H3. The van der Waals surface area contributed by atoms with Gasteiger partial charge in [-0.15, -0.1) is 6.58 Å². The summed E-state index contributed by atoms with van der Waals surface area (Å²) >= 11 is 0. The molecule has 0 saturated heterocycles. The second kappa shape index (κ2) is 4.86. The summed E-state index contributed by atoms with van der Waals surface area (Å²) in [5.74, 6) is -1.14. The molecule has 0 aromatic rings. The Morgan fingerprint density at radius 2 is 1.94 bits per heavy atom. The van der Waals surface area contributed by atoms with Crippen molar-refractivity contribution in [3.63, 3.8) is 0 Å². The van der Waals surface area contributed by atoms with Gasteiger partial charge in [0.15, 0.2) is 5.54 Å². The van der Waals surface area contributed by atoms with Crippen LogP contribution in [0.3, 0.4) is 0 Å². The molecule has 2 N–H and O–H groups in total. The highest BCUT2D eigenvalue weighted by molar-refractivity contribution is 5.87. The molecule has 0 bridgehead atoms. The fraction of sp³-hybridized carbons (Fsp3) is 0.700. The lowest BCUT2D eigenvalue weighted by Crippen LogP contribution is -2.63. The molecular weight excluding hydrogens is 221 g/mol. The average Bonchev–Trinajstić information content (AvgIpc) is 2.10. The van der Waals surface area contributed by atoms with Gasteiger partial charge in [-0.2, -0.15) is 13.2 Å². The van der Waals surface area contributed by atoms with E-state index in [-0.39, 0.29) is 12.6 Å². The Balaban J connectivity index is 5.08. The summed E-state index contributed by atoms with van der Waals surface area (Å²) in [5, 5.41) is 0. The van der Waals surface area contributed by atoms with E-state index in [1.807, 2.05) is 0 Å². The number of carbonyl (C=O) groups is 1.